The van der Waals surface area contributed by atoms with Gasteiger partial charge in [0.2, 0.25) is 0 Å². The molecule has 2 aromatic rings. The van der Waals surface area contributed by atoms with Crippen molar-refractivity contribution in [1.82, 2.24) is 0 Å². The Kier molecular flexibility index (Phi) is 24.6. The van der Waals surface area contributed by atoms with Crippen molar-refractivity contribution in [2.45, 2.75) is 181 Å². The first kappa shape index (κ1) is 62.3. The van der Waals surface area contributed by atoms with Crippen LogP contribution in [0.3, 0.4) is 0 Å². The van der Waals surface area contributed by atoms with Gasteiger partial charge in [0.05, 0.1) is 62.0 Å². The molecule has 3 heterocycles. The van der Waals surface area contributed by atoms with E-state index < -0.39 is 53.4 Å². The fraction of sp³-hybridized carbons (Fsp3) is 0.564. The number of esters is 6. The summed E-state index contributed by atoms with van der Waals surface area (Å²) in [7, 11) is 0. The Hall–Kier alpha value is -5.96. The van der Waals surface area contributed by atoms with Crippen LogP contribution < -0.4 is 4.74 Å². The molecule has 410 valence electrons. The first-order chi connectivity index (χ1) is 34.5. The molecule has 0 saturated carbocycles. The lowest BCUT2D eigenvalue weighted by Crippen LogP contribution is -2.47. The lowest BCUT2D eigenvalue weighted by atomic mass is 10.1. The summed E-state index contributed by atoms with van der Waals surface area (Å²) in [6.07, 6.45) is -0.792. The highest BCUT2D eigenvalue weighted by atomic mass is 16.7. The number of aromatic hydroxyl groups is 1. The number of hydrogen-bond donors (Lipinski definition) is 1. The maximum Gasteiger partial charge on any atom is 0.333 e. The minimum atomic E-state index is -0.915. The minimum absolute atomic E-state index is 0.0264. The van der Waals surface area contributed by atoms with Gasteiger partial charge in [0.25, 0.3) is 0 Å². The SMILES string of the molecule is C=C(C)C(=O)OCC1CC(CC(=O)OC(C)C)OC(C)(C)O1.C=C(C)C(=O)OCC1CC(CC(=O)OCc2ccccc2)OC(C)(C)O1.C=C(C)C(=O)OCC1CC(CC(=O)Oc2ccc(O)cc2)OC(C)(C)O1. The Bertz CT molecular complexity index is 2210. The Balaban J connectivity index is 0.000000294. The second-order valence-electron chi connectivity index (χ2n) is 19.7. The van der Waals surface area contributed by atoms with Crippen LogP contribution in [0.5, 0.6) is 11.5 Å². The van der Waals surface area contributed by atoms with Gasteiger partial charge in [-0.15, -0.1) is 0 Å². The molecule has 3 aliphatic rings. The Labute approximate surface area is 434 Å². The fourth-order valence-electron chi connectivity index (χ4n) is 7.57. The molecule has 0 radical (unpaired) electrons. The van der Waals surface area contributed by atoms with Crippen molar-refractivity contribution in [3.63, 3.8) is 0 Å². The summed E-state index contributed by atoms with van der Waals surface area (Å²) in [5.74, 6) is -4.72. The topological polar surface area (TPSA) is 233 Å². The highest BCUT2D eigenvalue weighted by molar-refractivity contribution is 5.87. The number of ether oxygens (including phenoxy) is 12. The number of carbonyl (C=O) groups is 6. The number of benzene rings is 2. The van der Waals surface area contributed by atoms with E-state index in [1.54, 1.807) is 76.2 Å². The van der Waals surface area contributed by atoms with E-state index in [0.29, 0.717) is 41.7 Å². The van der Waals surface area contributed by atoms with Gasteiger partial charge >= 0.3 is 35.8 Å². The second-order valence-corrected chi connectivity index (χ2v) is 19.7. The highest BCUT2D eigenvalue weighted by Crippen LogP contribution is 2.32. The van der Waals surface area contributed by atoms with Crippen LogP contribution in [0.2, 0.25) is 0 Å². The Morgan fingerprint density at radius 2 is 0.878 bits per heavy atom. The van der Waals surface area contributed by atoms with E-state index in [0.717, 1.165) is 5.56 Å². The molecule has 1 N–H and O–H groups in total. The predicted molar refractivity (Wildman–Crippen MR) is 268 cm³/mol. The Morgan fingerprint density at radius 3 is 1.24 bits per heavy atom. The molecule has 3 fully saturated rings. The lowest BCUT2D eigenvalue weighted by molar-refractivity contribution is -0.305. The van der Waals surface area contributed by atoms with Crippen LogP contribution in [0.4, 0.5) is 0 Å². The van der Waals surface area contributed by atoms with Gasteiger partial charge in [-0.1, -0.05) is 50.1 Å². The molecule has 19 heteroatoms. The van der Waals surface area contributed by atoms with Gasteiger partial charge in [0, 0.05) is 36.0 Å². The zero-order valence-corrected chi connectivity index (χ0v) is 44.7. The molecule has 3 saturated heterocycles. The summed E-state index contributed by atoms with van der Waals surface area (Å²) < 4.78 is 65.6. The molecule has 74 heavy (non-hydrogen) atoms. The molecular formula is C55H76O19. The number of phenolic OH excluding ortho intramolecular Hbond substituents is 1. The Morgan fingerprint density at radius 1 is 0.527 bits per heavy atom. The second kappa shape index (κ2) is 29.2. The first-order valence-corrected chi connectivity index (χ1v) is 24.4. The minimum Gasteiger partial charge on any atom is -0.508 e. The van der Waals surface area contributed by atoms with Gasteiger partial charge in [0.1, 0.15) is 37.9 Å². The summed E-state index contributed by atoms with van der Waals surface area (Å²) >= 11 is 0. The molecule has 6 unspecified atom stereocenters. The normalized spacial score (nSPS) is 22.3. The third-order valence-electron chi connectivity index (χ3n) is 10.4. The standard InChI is InChI=1S/C20H26O6.C19H24O7.C16H26O6/c1-14(2)19(22)24-13-17-10-16(25-20(3,4)26-17)11-18(21)23-12-15-8-6-5-7-9-15;1-12(2)18(22)23-11-16-9-15(25-19(3,4)26-16)10-17(21)24-14-7-5-13(20)6-8-14;1-10(2)15(18)19-9-13-7-12(21-16(5,6)22-13)8-14(17)20-11(3)4/h5-9,16-17H,1,10-13H2,2-4H3;5-8,15-16,20H,1,9-11H2,2-4H3;11-13H,1,7-9H2,2-6H3. The number of rotatable bonds is 19. The summed E-state index contributed by atoms with van der Waals surface area (Å²) in [6, 6.07) is 15.4. The molecule has 0 bridgehead atoms. The predicted octanol–water partition coefficient (Wildman–Crippen LogP) is 8.22. The van der Waals surface area contributed by atoms with Crippen molar-refractivity contribution in [1.29, 1.82) is 0 Å². The zero-order valence-electron chi connectivity index (χ0n) is 44.7. The fourth-order valence-corrected chi connectivity index (χ4v) is 7.57. The van der Waals surface area contributed by atoms with E-state index in [4.69, 9.17) is 56.8 Å². The van der Waals surface area contributed by atoms with Crippen molar-refractivity contribution >= 4 is 35.8 Å². The van der Waals surface area contributed by atoms with Crippen LogP contribution >= 0.6 is 0 Å². The van der Waals surface area contributed by atoms with Gasteiger partial charge in [0.15, 0.2) is 17.4 Å². The smallest absolute Gasteiger partial charge is 0.333 e. The molecule has 3 aliphatic heterocycles. The van der Waals surface area contributed by atoms with Crippen molar-refractivity contribution in [2.75, 3.05) is 19.8 Å². The van der Waals surface area contributed by atoms with Crippen molar-refractivity contribution in [3.8, 4) is 11.5 Å². The quantitative estimate of drug-likeness (QED) is 0.0604. The monoisotopic (exact) mass is 1040 g/mol. The van der Waals surface area contributed by atoms with Gasteiger partial charge in [-0.3, -0.25) is 14.4 Å². The van der Waals surface area contributed by atoms with Crippen LogP contribution in [0.25, 0.3) is 0 Å². The first-order valence-electron chi connectivity index (χ1n) is 24.4. The summed E-state index contributed by atoms with van der Waals surface area (Å²) in [4.78, 5) is 70.5. The van der Waals surface area contributed by atoms with Crippen molar-refractivity contribution < 1.29 is 90.7 Å². The lowest BCUT2D eigenvalue weighted by Gasteiger charge is -2.40. The summed E-state index contributed by atoms with van der Waals surface area (Å²) in [5, 5.41) is 9.25. The molecule has 6 atom stereocenters. The molecule has 0 aliphatic carbocycles. The number of carbonyl (C=O) groups excluding carboxylic acids is 6. The molecule has 2 aromatic carbocycles. The van der Waals surface area contributed by atoms with E-state index in [-0.39, 0.29) is 93.9 Å². The zero-order chi connectivity index (χ0) is 55.4. The largest absolute Gasteiger partial charge is 0.508 e. The third-order valence-corrected chi connectivity index (χ3v) is 10.4. The van der Waals surface area contributed by atoms with Gasteiger partial charge < -0.3 is 61.9 Å². The van der Waals surface area contributed by atoms with E-state index in [1.165, 1.54) is 24.3 Å². The maximum absolute atomic E-state index is 12.1. The van der Waals surface area contributed by atoms with E-state index >= 15 is 0 Å². The average Bonchev–Trinajstić information content (AvgIpc) is 3.28. The van der Waals surface area contributed by atoms with Crippen LogP contribution in [0, 0.1) is 0 Å². The molecule has 0 aromatic heterocycles. The van der Waals surface area contributed by atoms with Crippen LogP contribution in [-0.4, -0.2) is 121 Å². The van der Waals surface area contributed by atoms with Gasteiger partial charge in [-0.2, -0.15) is 0 Å². The summed E-state index contributed by atoms with van der Waals surface area (Å²) in [6.45, 7) is 30.0. The number of hydrogen-bond acceptors (Lipinski definition) is 19. The average molecular weight is 1040 g/mol. The molecule has 0 amide bonds. The number of phenols is 1. The van der Waals surface area contributed by atoms with Crippen LogP contribution in [0.15, 0.2) is 91.1 Å². The van der Waals surface area contributed by atoms with E-state index in [1.807, 2.05) is 30.3 Å². The highest BCUT2D eigenvalue weighted by Gasteiger charge is 2.40. The molecule has 19 nitrogen and oxygen atoms in total. The third kappa shape index (κ3) is 24.8. The van der Waals surface area contributed by atoms with Gasteiger partial charge in [-0.05, 0) is 106 Å². The van der Waals surface area contributed by atoms with Crippen molar-refractivity contribution in [2.24, 2.45) is 0 Å². The van der Waals surface area contributed by atoms with E-state index in [2.05, 4.69) is 19.7 Å². The molecule has 5 rings (SSSR count). The van der Waals surface area contributed by atoms with E-state index in [9.17, 15) is 33.9 Å². The van der Waals surface area contributed by atoms with Crippen LogP contribution in [0.1, 0.15) is 120 Å². The molecule has 0 spiro atoms. The van der Waals surface area contributed by atoms with Crippen LogP contribution in [-0.2, 0) is 87.5 Å². The summed E-state index contributed by atoms with van der Waals surface area (Å²) in [5.41, 5.74) is 1.91. The van der Waals surface area contributed by atoms with Gasteiger partial charge in [-0.25, -0.2) is 14.4 Å². The van der Waals surface area contributed by atoms with Crippen molar-refractivity contribution in [3.05, 3.63) is 96.6 Å². The molecular weight excluding hydrogens is 965 g/mol. The maximum atomic E-state index is 12.1.